The lowest BCUT2D eigenvalue weighted by Gasteiger charge is -2.18. The van der Waals surface area contributed by atoms with Gasteiger partial charge in [-0.05, 0) is 31.1 Å². The first-order valence-corrected chi connectivity index (χ1v) is 24.8. The SMILES string of the molecule is CCCCCCCCCCCCCCCCCCCCCC(=O)OC[C@H](COC(=O)CCCCCCCCC(C)C)OC(=O)CCCCCCCCC(C)CC. The van der Waals surface area contributed by atoms with E-state index in [0.29, 0.717) is 19.3 Å². The molecule has 0 spiro atoms. The molecule has 0 aromatic heterocycles. The second-order valence-electron chi connectivity index (χ2n) is 17.8. The second kappa shape index (κ2) is 43.0. The molecule has 0 aliphatic heterocycles. The smallest absolute Gasteiger partial charge is 0.306 e. The molecule has 0 saturated carbocycles. The summed E-state index contributed by atoms with van der Waals surface area (Å²) in [4.78, 5) is 37.7. The largest absolute Gasteiger partial charge is 0.462 e. The third-order valence-electron chi connectivity index (χ3n) is 11.6. The molecule has 2 atom stereocenters. The van der Waals surface area contributed by atoms with Gasteiger partial charge in [0.25, 0.3) is 0 Å². The van der Waals surface area contributed by atoms with Crippen molar-refractivity contribution < 1.29 is 28.6 Å². The van der Waals surface area contributed by atoms with E-state index in [1.165, 1.54) is 161 Å². The van der Waals surface area contributed by atoms with E-state index in [9.17, 15) is 14.4 Å². The van der Waals surface area contributed by atoms with Crippen LogP contribution in [-0.4, -0.2) is 37.2 Å². The van der Waals surface area contributed by atoms with Crippen LogP contribution in [0, 0.1) is 11.8 Å². The van der Waals surface area contributed by atoms with Gasteiger partial charge in [0.15, 0.2) is 6.10 Å². The number of hydrogen-bond acceptors (Lipinski definition) is 6. The van der Waals surface area contributed by atoms with Crippen LogP contribution in [0.3, 0.4) is 0 Å². The molecule has 56 heavy (non-hydrogen) atoms. The maximum Gasteiger partial charge on any atom is 0.306 e. The summed E-state index contributed by atoms with van der Waals surface area (Å²) >= 11 is 0. The standard InChI is InChI=1S/C50H96O6/c1-6-8-9-10-11-12-13-14-15-16-17-18-19-20-21-22-23-30-35-40-48(51)54-43-47(44-55-49(52)41-36-31-26-24-28-33-38-45(3)4)56-50(53)42-37-32-27-25-29-34-39-46(5)7-2/h45-47H,6-44H2,1-5H3/t46?,47-/m1/s1. The van der Waals surface area contributed by atoms with Crippen molar-refractivity contribution in [1.29, 1.82) is 0 Å². The Morgan fingerprint density at radius 3 is 1.02 bits per heavy atom. The van der Waals surface area contributed by atoms with E-state index in [-0.39, 0.29) is 31.1 Å². The van der Waals surface area contributed by atoms with Crippen molar-refractivity contribution in [2.75, 3.05) is 13.2 Å². The molecule has 0 aliphatic rings. The molecule has 0 saturated heterocycles. The highest BCUT2D eigenvalue weighted by Crippen LogP contribution is 2.17. The third-order valence-corrected chi connectivity index (χ3v) is 11.6. The summed E-state index contributed by atoms with van der Waals surface area (Å²) < 4.78 is 16.7. The van der Waals surface area contributed by atoms with Crippen molar-refractivity contribution in [3.8, 4) is 0 Å². The quantitative estimate of drug-likeness (QED) is 0.0347. The number of carbonyl (C=O) groups excluding carboxylic acids is 3. The molecule has 0 rings (SSSR count). The summed E-state index contributed by atoms with van der Waals surface area (Å²) in [5.74, 6) is 0.712. The van der Waals surface area contributed by atoms with Gasteiger partial charge in [-0.1, -0.05) is 234 Å². The highest BCUT2D eigenvalue weighted by atomic mass is 16.6. The number of carbonyl (C=O) groups is 3. The first-order chi connectivity index (χ1) is 27.3. The lowest BCUT2D eigenvalue weighted by Crippen LogP contribution is -2.30. The lowest BCUT2D eigenvalue weighted by molar-refractivity contribution is -0.167. The fourth-order valence-corrected chi connectivity index (χ4v) is 7.43. The predicted octanol–water partition coefficient (Wildman–Crippen LogP) is 15.8. The van der Waals surface area contributed by atoms with E-state index in [0.717, 1.165) is 69.6 Å². The highest BCUT2D eigenvalue weighted by molar-refractivity contribution is 5.71. The summed E-state index contributed by atoms with van der Waals surface area (Å²) in [6, 6.07) is 0. The van der Waals surface area contributed by atoms with E-state index in [2.05, 4.69) is 34.6 Å². The normalized spacial score (nSPS) is 12.5. The van der Waals surface area contributed by atoms with Gasteiger partial charge < -0.3 is 14.2 Å². The van der Waals surface area contributed by atoms with Crippen LogP contribution in [0.4, 0.5) is 0 Å². The van der Waals surface area contributed by atoms with E-state index < -0.39 is 6.10 Å². The minimum Gasteiger partial charge on any atom is -0.462 e. The molecule has 6 heteroatoms. The number of ether oxygens (including phenoxy) is 3. The molecule has 0 heterocycles. The van der Waals surface area contributed by atoms with Gasteiger partial charge in [0.1, 0.15) is 13.2 Å². The van der Waals surface area contributed by atoms with Crippen LogP contribution in [0.1, 0.15) is 272 Å². The lowest BCUT2D eigenvalue weighted by atomic mass is 10.00. The van der Waals surface area contributed by atoms with Crippen molar-refractivity contribution in [1.82, 2.24) is 0 Å². The van der Waals surface area contributed by atoms with Gasteiger partial charge in [0, 0.05) is 19.3 Å². The van der Waals surface area contributed by atoms with Gasteiger partial charge in [0.2, 0.25) is 0 Å². The van der Waals surface area contributed by atoms with Crippen LogP contribution in [0.15, 0.2) is 0 Å². The molecule has 0 fully saturated rings. The molecule has 332 valence electrons. The summed E-state index contributed by atoms with van der Waals surface area (Å²) in [5, 5.41) is 0. The Kier molecular flexibility index (Phi) is 41.8. The third kappa shape index (κ3) is 42.0. The Balaban J connectivity index is 4.20. The van der Waals surface area contributed by atoms with Crippen LogP contribution in [0.5, 0.6) is 0 Å². The van der Waals surface area contributed by atoms with Crippen LogP contribution < -0.4 is 0 Å². The molecule has 0 aromatic carbocycles. The van der Waals surface area contributed by atoms with E-state index in [1.54, 1.807) is 0 Å². The van der Waals surface area contributed by atoms with Gasteiger partial charge in [-0.2, -0.15) is 0 Å². The number of rotatable bonds is 44. The Morgan fingerprint density at radius 1 is 0.375 bits per heavy atom. The number of unbranched alkanes of at least 4 members (excludes halogenated alkanes) is 28. The molecule has 0 radical (unpaired) electrons. The fourth-order valence-electron chi connectivity index (χ4n) is 7.43. The van der Waals surface area contributed by atoms with Crippen molar-refractivity contribution in [3.63, 3.8) is 0 Å². The monoisotopic (exact) mass is 793 g/mol. The van der Waals surface area contributed by atoms with E-state index in [4.69, 9.17) is 14.2 Å². The zero-order chi connectivity index (χ0) is 41.2. The molecule has 1 unspecified atom stereocenters. The van der Waals surface area contributed by atoms with E-state index >= 15 is 0 Å². The molecular formula is C50H96O6. The average molecular weight is 793 g/mol. The van der Waals surface area contributed by atoms with Crippen LogP contribution >= 0.6 is 0 Å². The minimum atomic E-state index is -0.762. The maximum absolute atomic E-state index is 12.7. The van der Waals surface area contributed by atoms with Crippen LogP contribution in [0.25, 0.3) is 0 Å². The van der Waals surface area contributed by atoms with E-state index in [1.807, 2.05) is 0 Å². The summed E-state index contributed by atoms with van der Waals surface area (Å²) in [7, 11) is 0. The van der Waals surface area contributed by atoms with Crippen molar-refractivity contribution in [2.24, 2.45) is 11.8 Å². The van der Waals surface area contributed by atoms with Crippen molar-refractivity contribution >= 4 is 17.9 Å². The second-order valence-corrected chi connectivity index (χ2v) is 17.8. The number of hydrogen-bond donors (Lipinski definition) is 0. The van der Waals surface area contributed by atoms with Crippen LogP contribution in [-0.2, 0) is 28.6 Å². The van der Waals surface area contributed by atoms with Crippen molar-refractivity contribution in [3.05, 3.63) is 0 Å². The maximum atomic E-state index is 12.7. The van der Waals surface area contributed by atoms with Gasteiger partial charge >= 0.3 is 17.9 Å². The summed E-state index contributed by atoms with van der Waals surface area (Å²) in [6.45, 7) is 11.3. The molecule has 0 amide bonds. The van der Waals surface area contributed by atoms with Gasteiger partial charge in [-0.25, -0.2) is 0 Å². The zero-order valence-electron chi connectivity index (χ0n) is 38.3. The highest BCUT2D eigenvalue weighted by Gasteiger charge is 2.19. The average Bonchev–Trinajstić information content (AvgIpc) is 3.18. The molecule has 0 N–H and O–H groups in total. The Bertz CT molecular complexity index is 856. The first-order valence-electron chi connectivity index (χ1n) is 24.8. The zero-order valence-corrected chi connectivity index (χ0v) is 38.3. The Hall–Kier alpha value is -1.59. The van der Waals surface area contributed by atoms with Gasteiger partial charge in [-0.3, -0.25) is 14.4 Å². The van der Waals surface area contributed by atoms with Gasteiger partial charge in [-0.15, -0.1) is 0 Å². The Morgan fingerprint density at radius 2 is 0.679 bits per heavy atom. The summed E-state index contributed by atoms with van der Waals surface area (Å²) in [6.07, 6.45) is 42.6. The van der Waals surface area contributed by atoms with Crippen molar-refractivity contribution in [2.45, 2.75) is 278 Å². The molecule has 0 bridgehead atoms. The fraction of sp³-hybridized carbons (Fsp3) is 0.940. The first kappa shape index (κ1) is 54.4. The molecule has 0 aromatic rings. The molecule has 6 nitrogen and oxygen atoms in total. The Labute approximate surface area is 348 Å². The topological polar surface area (TPSA) is 78.9 Å². The molecule has 0 aliphatic carbocycles. The minimum absolute atomic E-state index is 0.0659. The molecular weight excluding hydrogens is 697 g/mol. The predicted molar refractivity (Wildman–Crippen MR) is 238 cm³/mol. The number of esters is 3. The van der Waals surface area contributed by atoms with Crippen LogP contribution in [0.2, 0.25) is 0 Å². The van der Waals surface area contributed by atoms with Gasteiger partial charge in [0.05, 0.1) is 0 Å². The summed E-state index contributed by atoms with van der Waals surface area (Å²) in [5.41, 5.74) is 0.